The summed E-state index contributed by atoms with van der Waals surface area (Å²) in [5.74, 6) is 0. The zero-order valence-electron chi connectivity index (χ0n) is 32.7. The van der Waals surface area contributed by atoms with E-state index >= 15 is 0 Å². The van der Waals surface area contributed by atoms with Crippen LogP contribution < -0.4 is 24.2 Å². The number of benzene rings is 5. The molecular weight excluding hydrogens is 1040 g/mol. The first-order valence-electron chi connectivity index (χ1n) is 17.5. The van der Waals surface area contributed by atoms with Gasteiger partial charge in [-0.05, 0) is 77.5 Å². The molecule has 0 spiro atoms. The number of methoxy groups -OCH3 is 1. The van der Waals surface area contributed by atoms with Crippen LogP contribution >= 0.6 is 80.7 Å². The second-order valence-corrected chi connectivity index (χ2v) is 23.1. The van der Waals surface area contributed by atoms with Crippen molar-refractivity contribution < 1.29 is 34.2 Å². The Hall–Kier alpha value is -3.83. The van der Waals surface area contributed by atoms with E-state index in [1.54, 1.807) is 68.4 Å². The molecule has 0 aliphatic rings. The van der Waals surface area contributed by atoms with Crippen LogP contribution in [0.2, 0.25) is 25.1 Å². The Kier molecular flexibility index (Phi) is 17.4. The van der Waals surface area contributed by atoms with Gasteiger partial charge in [-0.3, -0.25) is 18.9 Å². The maximum absolute atomic E-state index is 13.4. The van der Waals surface area contributed by atoms with Crippen LogP contribution in [-0.2, 0) is 45.8 Å². The first kappa shape index (κ1) is 50.2. The molecule has 13 nitrogen and oxygen atoms in total. The minimum Gasteiger partial charge on any atom is -0.388 e. The Morgan fingerprint density at radius 3 is 1.60 bits per heavy atom. The fourth-order valence-electron chi connectivity index (χ4n) is 5.33. The van der Waals surface area contributed by atoms with E-state index in [4.69, 9.17) is 58.0 Å². The highest BCUT2D eigenvalue weighted by molar-refractivity contribution is 7.95. The lowest BCUT2D eigenvalue weighted by Gasteiger charge is -2.16. The van der Waals surface area contributed by atoms with Crippen LogP contribution in [0.3, 0.4) is 0 Å². The molecule has 0 radical (unpaired) electrons. The van der Waals surface area contributed by atoms with Gasteiger partial charge in [-0.1, -0.05) is 100 Å². The predicted molar refractivity (Wildman–Crippen MR) is 262 cm³/mol. The van der Waals surface area contributed by atoms with Crippen molar-refractivity contribution >= 4 is 161 Å². The Balaban J connectivity index is 0.000000226. The molecule has 5 aromatic carbocycles. The fraction of sp³-hybridized carbons (Fsp3) is 0.0769. The van der Waals surface area contributed by atoms with E-state index in [1.165, 1.54) is 72.0 Å². The smallest absolute Gasteiger partial charge is 0.271 e. The van der Waals surface area contributed by atoms with Crippen LogP contribution in [0.5, 0.6) is 0 Å². The lowest BCUT2D eigenvalue weighted by molar-refractivity contribution is 0.277. The monoisotopic (exact) mass is 1070 g/mol. The molecule has 0 saturated heterocycles. The number of anilines is 5. The molecule has 24 heteroatoms. The second-order valence-electron chi connectivity index (χ2n) is 12.4. The standard InChI is InChI=1S/C21H17Cl2N3O3S3.C16H11Cl3N2O4S3.C2H6O/c1-24-17-7-2-6-14-13(17)5-3-8-20(14)32(28,29)26-19-12-16(23)15(22)11-18(19)25-31(27)21-9-4-10-30-21;17-10-3-1-4-11(7-10)27(22,23)20-14-8-12(18)13(19)9-15(14)21-28(24,25)16-5-2-6-26-16;1-3-2/h2-12,24-26H,1H3;1-9,20-21H;1-2H3. The summed E-state index contributed by atoms with van der Waals surface area (Å²) in [7, 11) is -8.61. The molecule has 63 heavy (non-hydrogen) atoms. The lowest BCUT2D eigenvalue weighted by atomic mass is 10.1. The van der Waals surface area contributed by atoms with Gasteiger partial charge in [-0.2, -0.15) is 0 Å². The molecule has 1 atom stereocenters. The van der Waals surface area contributed by atoms with Gasteiger partial charge in [0.2, 0.25) is 0 Å². The highest BCUT2D eigenvalue weighted by Gasteiger charge is 2.24. The maximum atomic E-state index is 13.4. The Morgan fingerprint density at radius 2 is 1.05 bits per heavy atom. The van der Waals surface area contributed by atoms with Crippen LogP contribution in [-0.4, -0.2) is 50.7 Å². The zero-order chi connectivity index (χ0) is 46.1. The average Bonchev–Trinajstić information content (AvgIpc) is 3.99. The zero-order valence-corrected chi connectivity index (χ0v) is 41.3. The summed E-state index contributed by atoms with van der Waals surface area (Å²) in [5.41, 5.74) is 1.02. The van der Waals surface area contributed by atoms with Crippen molar-refractivity contribution in [2.24, 2.45) is 0 Å². The first-order valence-corrected chi connectivity index (χ1v) is 26.7. The molecule has 1 unspecified atom stereocenters. The molecule has 2 heterocycles. The van der Waals surface area contributed by atoms with Gasteiger partial charge in [-0.25, -0.2) is 29.5 Å². The summed E-state index contributed by atoms with van der Waals surface area (Å²) >= 11 is 32.5. The van der Waals surface area contributed by atoms with E-state index in [2.05, 4.69) is 28.9 Å². The highest BCUT2D eigenvalue weighted by Crippen LogP contribution is 2.38. The van der Waals surface area contributed by atoms with Crippen LogP contribution in [0.25, 0.3) is 10.8 Å². The van der Waals surface area contributed by atoms with Gasteiger partial charge in [0, 0.05) is 42.7 Å². The van der Waals surface area contributed by atoms with E-state index in [0.717, 1.165) is 22.4 Å². The van der Waals surface area contributed by atoms with Crippen LogP contribution in [0.15, 0.2) is 138 Å². The van der Waals surface area contributed by atoms with Crippen LogP contribution in [0.1, 0.15) is 0 Å². The predicted octanol–water partition coefficient (Wildman–Crippen LogP) is 11.8. The maximum Gasteiger partial charge on any atom is 0.271 e. The Bertz CT molecular complexity index is 3090. The van der Waals surface area contributed by atoms with Gasteiger partial charge in [0.15, 0.2) is 11.0 Å². The summed E-state index contributed by atoms with van der Waals surface area (Å²) in [6, 6.07) is 27.8. The number of thiophene rings is 2. The van der Waals surface area contributed by atoms with Crippen molar-refractivity contribution in [3.63, 3.8) is 0 Å². The van der Waals surface area contributed by atoms with Gasteiger partial charge in [0.25, 0.3) is 30.1 Å². The van der Waals surface area contributed by atoms with Gasteiger partial charge >= 0.3 is 0 Å². The molecule has 0 aliphatic carbocycles. The summed E-state index contributed by atoms with van der Waals surface area (Å²) in [6.45, 7) is 0. The van der Waals surface area contributed by atoms with Gasteiger partial charge in [0.1, 0.15) is 8.42 Å². The number of ether oxygens (including phenoxy) is 1. The van der Waals surface area contributed by atoms with Crippen LogP contribution in [0.4, 0.5) is 28.4 Å². The molecule has 7 rings (SSSR count). The molecule has 2 aromatic heterocycles. The summed E-state index contributed by atoms with van der Waals surface area (Å²) in [6.07, 6.45) is 0. The fourth-order valence-corrected chi connectivity index (χ4v) is 12.5. The normalized spacial score (nSPS) is 11.9. The van der Waals surface area contributed by atoms with Crippen molar-refractivity contribution in [2.75, 3.05) is 45.5 Å². The molecule has 0 bridgehead atoms. The first-order chi connectivity index (χ1) is 29.8. The number of hydrogen-bond donors (Lipinski definition) is 5. The molecule has 0 saturated carbocycles. The minimum atomic E-state index is -4.07. The largest absolute Gasteiger partial charge is 0.388 e. The third-order valence-electron chi connectivity index (χ3n) is 8.04. The molecule has 0 fully saturated rings. The Labute approximate surface area is 400 Å². The van der Waals surface area contributed by atoms with Crippen molar-refractivity contribution in [1.29, 1.82) is 0 Å². The molecule has 0 aliphatic heterocycles. The second kappa shape index (κ2) is 21.9. The summed E-state index contributed by atoms with van der Waals surface area (Å²) in [4.78, 5) is 0.00152. The van der Waals surface area contributed by atoms with Crippen molar-refractivity contribution in [3.8, 4) is 0 Å². The number of rotatable bonds is 13. The third-order valence-corrected chi connectivity index (χ3v) is 17.6. The van der Waals surface area contributed by atoms with E-state index in [9.17, 15) is 29.5 Å². The summed E-state index contributed by atoms with van der Waals surface area (Å²) in [5, 5.41) is 8.48. The van der Waals surface area contributed by atoms with Crippen molar-refractivity contribution in [2.45, 2.75) is 18.2 Å². The third kappa shape index (κ3) is 12.9. The molecule has 7 aromatic rings. The number of nitrogens with one attached hydrogen (secondary N) is 5. The quantitative estimate of drug-likeness (QED) is 0.0748. The van der Waals surface area contributed by atoms with Crippen molar-refractivity contribution in [1.82, 2.24) is 0 Å². The van der Waals surface area contributed by atoms with Gasteiger partial charge in [-0.15, -0.1) is 22.7 Å². The average molecular weight is 1070 g/mol. The van der Waals surface area contributed by atoms with Crippen LogP contribution in [0, 0.1) is 0 Å². The van der Waals surface area contributed by atoms with E-state index in [1.807, 2.05) is 12.1 Å². The van der Waals surface area contributed by atoms with E-state index in [-0.39, 0.29) is 61.9 Å². The molecule has 5 N–H and O–H groups in total. The highest BCUT2D eigenvalue weighted by atomic mass is 35.5. The topological polar surface area (TPSA) is 189 Å². The molecule has 334 valence electrons. The number of halogens is 5. The SMILES string of the molecule is CNc1cccc2c(S(=O)(=O)Nc3cc(Cl)c(Cl)cc3NS(=O)c3cccs3)cccc12.COC.O=S(=O)(Nc1cc(Cl)c(Cl)cc1NS(=O)(=O)c1cccs1)c1cccc(Cl)c1. The number of fused-ring (bicyclic) bond motifs is 1. The van der Waals surface area contributed by atoms with Gasteiger partial charge < -0.3 is 10.1 Å². The van der Waals surface area contributed by atoms with E-state index in [0.29, 0.717) is 9.60 Å². The Morgan fingerprint density at radius 1 is 0.540 bits per heavy atom. The van der Waals surface area contributed by atoms with E-state index < -0.39 is 41.1 Å². The molecule has 0 amide bonds. The molecular formula is C39H34Cl5N5O8S6. The summed E-state index contributed by atoms with van der Waals surface area (Å²) < 4.78 is 105. The lowest BCUT2D eigenvalue weighted by Crippen LogP contribution is -2.17. The van der Waals surface area contributed by atoms with Crippen molar-refractivity contribution in [3.05, 3.63) is 145 Å². The number of sulfonamides is 3. The minimum absolute atomic E-state index is 0.0459. The number of hydrogen-bond acceptors (Lipinski definition) is 11. The van der Waals surface area contributed by atoms with Gasteiger partial charge in [0.05, 0.1) is 52.6 Å².